The number of carbonyl (C=O) groups excluding carboxylic acids is 1. The normalized spacial score (nSPS) is 17.9. The third-order valence-corrected chi connectivity index (χ3v) is 5.40. The molecule has 1 aromatic heterocycles. The summed E-state index contributed by atoms with van der Waals surface area (Å²) in [5, 5.41) is 3.02. The Labute approximate surface area is 122 Å². The summed E-state index contributed by atoms with van der Waals surface area (Å²) in [5.41, 5.74) is 6.41. The lowest BCUT2D eigenvalue weighted by Gasteiger charge is -2.08. The third kappa shape index (κ3) is 4.00. The molecule has 0 radical (unpaired) electrons. The van der Waals surface area contributed by atoms with E-state index in [2.05, 4.69) is 17.2 Å². The standard InChI is InChI=1S/C14H18N2OS2/c1-10-7-13(19-12(10)3-2-5-15)14(17)16-8-11-4-6-18-9-11/h7,11H,4-6,8-9,15H2,1H3,(H,16,17). The number of carbonyl (C=O) groups is 1. The number of hydrogen-bond donors (Lipinski definition) is 2. The van der Waals surface area contributed by atoms with E-state index in [9.17, 15) is 4.79 Å². The molecule has 5 heteroatoms. The van der Waals surface area contributed by atoms with Gasteiger partial charge in [0.25, 0.3) is 5.91 Å². The molecule has 1 aliphatic rings. The van der Waals surface area contributed by atoms with Crippen molar-refractivity contribution >= 4 is 29.0 Å². The van der Waals surface area contributed by atoms with Crippen LogP contribution in [0.5, 0.6) is 0 Å². The molecule has 102 valence electrons. The zero-order valence-electron chi connectivity index (χ0n) is 11.0. The highest BCUT2D eigenvalue weighted by molar-refractivity contribution is 7.99. The lowest BCUT2D eigenvalue weighted by atomic mass is 10.1. The Kier molecular flexibility index (Phi) is 5.32. The van der Waals surface area contributed by atoms with E-state index in [1.54, 1.807) is 0 Å². The third-order valence-electron chi connectivity index (χ3n) is 3.02. The lowest BCUT2D eigenvalue weighted by molar-refractivity contribution is 0.0952. The van der Waals surface area contributed by atoms with Crippen molar-refractivity contribution in [1.29, 1.82) is 0 Å². The number of thioether (sulfide) groups is 1. The van der Waals surface area contributed by atoms with Gasteiger partial charge in [0.05, 0.1) is 16.3 Å². The molecule has 2 heterocycles. The Morgan fingerprint density at radius 3 is 3.16 bits per heavy atom. The van der Waals surface area contributed by atoms with Gasteiger partial charge in [0.15, 0.2) is 0 Å². The van der Waals surface area contributed by atoms with Crippen molar-refractivity contribution in [2.24, 2.45) is 11.7 Å². The van der Waals surface area contributed by atoms with Crippen LogP contribution >= 0.6 is 23.1 Å². The van der Waals surface area contributed by atoms with Gasteiger partial charge >= 0.3 is 0 Å². The van der Waals surface area contributed by atoms with E-state index in [4.69, 9.17) is 5.73 Å². The second-order valence-corrected chi connectivity index (χ2v) is 6.77. The van der Waals surface area contributed by atoms with E-state index in [-0.39, 0.29) is 5.91 Å². The van der Waals surface area contributed by atoms with E-state index < -0.39 is 0 Å². The van der Waals surface area contributed by atoms with Crippen LogP contribution in [0.4, 0.5) is 0 Å². The molecule has 1 unspecified atom stereocenters. The Bertz CT molecular complexity index is 507. The molecule has 0 saturated carbocycles. The molecular formula is C14H18N2OS2. The average Bonchev–Trinajstić information content (AvgIpc) is 3.03. The van der Waals surface area contributed by atoms with Crippen LogP contribution in [0.15, 0.2) is 6.07 Å². The summed E-state index contributed by atoms with van der Waals surface area (Å²) >= 11 is 3.41. The van der Waals surface area contributed by atoms with E-state index in [0.717, 1.165) is 27.6 Å². The fraction of sp³-hybridized carbons (Fsp3) is 0.500. The maximum Gasteiger partial charge on any atom is 0.261 e. The van der Waals surface area contributed by atoms with Crippen LogP contribution in [0.1, 0.15) is 26.5 Å². The molecule has 1 aliphatic heterocycles. The molecule has 1 aromatic rings. The fourth-order valence-corrected chi connectivity index (χ4v) is 4.17. The lowest BCUT2D eigenvalue weighted by Crippen LogP contribution is -2.28. The summed E-state index contributed by atoms with van der Waals surface area (Å²) < 4.78 is 0. The molecule has 0 aliphatic carbocycles. The average molecular weight is 294 g/mol. The number of aryl methyl sites for hydroxylation is 1. The van der Waals surface area contributed by atoms with Gasteiger partial charge in [0.1, 0.15) is 0 Å². The zero-order valence-corrected chi connectivity index (χ0v) is 12.6. The molecule has 3 nitrogen and oxygen atoms in total. The Morgan fingerprint density at radius 2 is 2.47 bits per heavy atom. The summed E-state index contributed by atoms with van der Waals surface area (Å²) in [6.07, 6.45) is 1.21. The zero-order chi connectivity index (χ0) is 13.7. The van der Waals surface area contributed by atoms with E-state index in [0.29, 0.717) is 12.5 Å². The maximum absolute atomic E-state index is 12.1. The summed E-state index contributed by atoms with van der Waals surface area (Å²) in [4.78, 5) is 13.7. The first-order valence-corrected chi connectivity index (χ1v) is 8.33. The van der Waals surface area contributed by atoms with Gasteiger partial charge in [-0.05, 0) is 42.4 Å². The maximum atomic E-state index is 12.1. The highest BCUT2D eigenvalue weighted by Gasteiger charge is 2.17. The Hall–Kier alpha value is -0.960. The largest absolute Gasteiger partial charge is 0.351 e. The molecule has 19 heavy (non-hydrogen) atoms. The van der Waals surface area contributed by atoms with Crippen LogP contribution in [0.3, 0.4) is 0 Å². The van der Waals surface area contributed by atoms with Crippen LogP contribution in [0, 0.1) is 24.7 Å². The fourth-order valence-electron chi connectivity index (χ4n) is 1.92. The van der Waals surface area contributed by atoms with Crippen LogP contribution in [0.2, 0.25) is 0 Å². The van der Waals surface area contributed by atoms with Crippen LogP contribution in [0.25, 0.3) is 0 Å². The van der Waals surface area contributed by atoms with Crippen LogP contribution in [-0.4, -0.2) is 30.5 Å². The van der Waals surface area contributed by atoms with Gasteiger partial charge in [-0.2, -0.15) is 11.8 Å². The van der Waals surface area contributed by atoms with Crippen molar-refractivity contribution in [1.82, 2.24) is 5.32 Å². The second-order valence-electron chi connectivity index (χ2n) is 4.57. The predicted molar refractivity (Wildman–Crippen MR) is 82.8 cm³/mol. The molecule has 2 rings (SSSR count). The van der Waals surface area contributed by atoms with Crippen molar-refractivity contribution in [2.75, 3.05) is 24.6 Å². The van der Waals surface area contributed by atoms with Gasteiger partial charge in [-0.1, -0.05) is 11.8 Å². The molecule has 1 atom stereocenters. The Balaban J connectivity index is 1.94. The molecule has 1 amide bonds. The van der Waals surface area contributed by atoms with Crippen molar-refractivity contribution in [2.45, 2.75) is 13.3 Å². The number of nitrogens with two attached hydrogens (primary N) is 1. The second kappa shape index (κ2) is 6.99. The first kappa shape index (κ1) is 14.4. The summed E-state index contributed by atoms with van der Waals surface area (Å²) in [6.45, 7) is 3.10. The molecule has 3 N–H and O–H groups in total. The van der Waals surface area contributed by atoms with Crippen LogP contribution < -0.4 is 11.1 Å². The monoisotopic (exact) mass is 294 g/mol. The minimum Gasteiger partial charge on any atom is -0.351 e. The number of rotatable bonds is 3. The first-order chi connectivity index (χ1) is 9.20. The predicted octanol–water partition coefficient (Wildman–Crippen LogP) is 1.85. The van der Waals surface area contributed by atoms with Gasteiger partial charge in [0, 0.05) is 6.54 Å². The SMILES string of the molecule is Cc1cc(C(=O)NCC2CCSC2)sc1C#CCN. The molecule has 1 fully saturated rings. The number of thiophene rings is 1. The van der Waals surface area contributed by atoms with Gasteiger partial charge in [0.2, 0.25) is 0 Å². The topological polar surface area (TPSA) is 55.1 Å². The van der Waals surface area contributed by atoms with Gasteiger partial charge in [-0.25, -0.2) is 0 Å². The van der Waals surface area contributed by atoms with Gasteiger partial charge in [-0.3, -0.25) is 4.79 Å². The first-order valence-electron chi connectivity index (χ1n) is 6.36. The summed E-state index contributed by atoms with van der Waals surface area (Å²) in [6, 6.07) is 1.91. The smallest absolute Gasteiger partial charge is 0.261 e. The number of nitrogens with one attached hydrogen (secondary N) is 1. The highest BCUT2D eigenvalue weighted by Crippen LogP contribution is 2.23. The highest BCUT2D eigenvalue weighted by atomic mass is 32.2. The quantitative estimate of drug-likeness (QED) is 0.837. The van der Waals surface area contributed by atoms with Crippen LogP contribution in [-0.2, 0) is 0 Å². The van der Waals surface area contributed by atoms with E-state index in [1.807, 2.05) is 24.8 Å². The molecule has 0 aromatic carbocycles. The summed E-state index contributed by atoms with van der Waals surface area (Å²) in [5.74, 6) is 8.87. The van der Waals surface area contributed by atoms with Gasteiger partial charge in [-0.15, -0.1) is 11.3 Å². The Morgan fingerprint density at radius 1 is 1.63 bits per heavy atom. The minimum absolute atomic E-state index is 0.0193. The van der Waals surface area contributed by atoms with Crippen molar-refractivity contribution in [3.05, 3.63) is 21.4 Å². The van der Waals surface area contributed by atoms with E-state index >= 15 is 0 Å². The number of hydrogen-bond acceptors (Lipinski definition) is 4. The number of amides is 1. The van der Waals surface area contributed by atoms with E-state index in [1.165, 1.54) is 23.5 Å². The molecule has 0 bridgehead atoms. The van der Waals surface area contributed by atoms with Crippen molar-refractivity contribution in [3.63, 3.8) is 0 Å². The molecule has 0 spiro atoms. The molecular weight excluding hydrogens is 276 g/mol. The van der Waals surface area contributed by atoms with Gasteiger partial charge < -0.3 is 11.1 Å². The molecule has 1 saturated heterocycles. The summed E-state index contributed by atoms with van der Waals surface area (Å²) in [7, 11) is 0. The van der Waals surface area contributed by atoms with Crippen molar-refractivity contribution in [3.8, 4) is 11.8 Å². The minimum atomic E-state index is 0.0193. The van der Waals surface area contributed by atoms with Crippen molar-refractivity contribution < 1.29 is 4.79 Å².